The van der Waals surface area contributed by atoms with Crippen molar-refractivity contribution in [1.82, 2.24) is 20.2 Å². The molecule has 1 amide bonds. The average Bonchev–Trinajstić information content (AvgIpc) is 2.78. The summed E-state index contributed by atoms with van der Waals surface area (Å²) < 4.78 is 14.9. The molecule has 1 aromatic carbocycles. The minimum atomic E-state index is -0.464. The molecule has 0 unspecified atom stereocenters. The number of carbonyl (C=O) groups excluding carboxylic acids is 1. The number of anilines is 1. The number of aromatic nitrogens is 4. The van der Waals surface area contributed by atoms with Gasteiger partial charge < -0.3 is 5.32 Å². The van der Waals surface area contributed by atoms with Crippen LogP contribution in [0.15, 0.2) is 29.4 Å². The summed E-state index contributed by atoms with van der Waals surface area (Å²) in [5.41, 5.74) is 0.163. The molecule has 0 bridgehead atoms. The number of hydrogen-bond acceptors (Lipinski definition) is 5. The molecule has 0 radical (unpaired) electrons. The van der Waals surface area contributed by atoms with E-state index < -0.39 is 11.1 Å². The standard InChI is InChI=1S/C11H12FN5OS/c1-7(19-11-14-15-16-17(11)2)10(18)13-9-6-4-3-5-8(9)12/h3-7H,1-2H3,(H,13,18)/t7-/m1/s1. The van der Waals surface area contributed by atoms with Crippen molar-refractivity contribution in [3.63, 3.8) is 0 Å². The normalized spacial score (nSPS) is 12.2. The topological polar surface area (TPSA) is 72.7 Å². The van der Waals surface area contributed by atoms with E-state index in [4.69, 9.17) is 0 Å². The molecule has 1 N–H and O–H groups in total. The van der Waals surface area contributed by atoms with Crippen LogP contribution in [0.4, 0.5) is 10.1 Å². The lowest BCUT2D eigenvalue weighted by atomic mass is 10.3. The third kappa shape index (κ3) is 3.28. The van der Waals surface area contributed by atoms with Crippen LogP contribution in [0.1, 0.15) is 6.92 Å². The second-order valence-electron chi connectivity index (χ2n) is 3.81. The smallest absolute Gasteiger partial charge is 0.237 e. The Morgan fingerprint density at radius 2 is 2.21 bits per heavy atom. The Labute approximate surface area is 113 Å². The van der Waals surface area contributed by atoms with E-state index in [0.717, 1.165) is 0 Å². The number of carbonyl (C=O) groups is 1. The highest BCUT2D eigenvalue weighted by molar-refractivity contribution is 8.00. The van der Waals surface area contributed by atoms with E-state index >= 15 is 0 Å². The van der Waals surface area contributed by atoms with Gasteiger partial charge in [0, 0.05) is 7.05 Å². The number of nitrogens with one attached hydrogen (secondary N) is 1. The summed E-state index contributed by atoms with van der Waals surface area (Å²) in [6.45, 7) is 1.70. The van der Waals surface area contributed by atoms with Gasteiger partial charge in [-0.3, -0.25) is 4.79 Å². The Balaban J connectivity index is 2.00. The van der Waals surface area contributed by atoms with E-state index in [1.165, 1.54) is 28.6 Å². The summed E-state index contributed by atoms with van der Waals surface area (Å²) in [7, 11) is 1.68. The summed E-state index contributed by atoms with van der Waals surface area (Å²) in [6, 6.07) is 6.02. The maximum atomic E-state index is 13.4. The van der Waals surface area contributed by atoms with Gasteiger partial charge in [-0.25, -0.2) is 9.07 Å². The first-order valence-electron chi connectivity index (χ1n) is 5.52. The summed E-state index contributed by atoms with van der Waals surface area (Å²) in [6.07, 6.45) is 0. The average molecular weight is 281 g/mol. The van der Waals surface area contributed by atoms with Crippen LogP contribution in [0.2, 0.25) is 0 Å². The van der Waals surface area contributed by atoms with E-state index in [9.17, 15) is 9.18 Å². The largest absolute Gasteiger partial charge is 0.323 e. The molecule has 2 aromatic rings. The first-order chi connectivity index (χ1) is 9.08. The van der Waals surface area contributed by atoms with Crippen molar-refractivity contribution in [3.05, 3.63) is 30.1 Å². The van der Waals surface area contributed by atoms with Crippen molar-refractivity contribution in [3.8, 4) is 0 Å². The number of halogens is 1. The second kappa shape index (κ2) is 5.79. The molecule has 0 spiro atoms. The zero-order valence-corrected chi connectivity index (χ0v) is 11.2. The Hall–Kier alpha value is -1.96. The van der Waals surface area contributed by atoms with Gasteiger partial charge in [-0.15, -0.1) is 5.10 Å². The zero-order valence-electron chi connectivity index (χ0n) is 10.4. The molecule has 6 nitrogen and oxygen atoms in total. The number of tetrazole rings is 1. The molecule has 2 rings (SSSR count). The monoisotopic (exact) mass is 281 g/mol. The van der Waals surface area contributed by atoms with Crippen LogP contribution in [0.3, 0.4) is 0 Å². The number of para-hydroxylation sites is 1. The molecular weight excluding hydrogens is 269 g/mol. The highest BCUT2D eigenvalue weighted by Crippen LogP contribution is 2.21. The summed E-state index contributed by atoms with van der Waals surface area (Å²) in [5.74, 6) is -0.772. The highest BCUT2D eigenvalue weighted by atomic mass is 32.2. The minimum Gasteiger partial charge on any atom is -0.323 e. The number of aryl methyl sites for hydroxylation is 1. The first kappa shape index (κ1) is 13.5. The first-order valence-corrected chi connectivity index (χ1v) is 6.40. The van der Waals surface area contributed by atoms with Gasteiger partial charge in [0.15, 0.2) is 0 Å². The third-order valence-corrected chi connectivity index (χ3v) is 3.49. The Kier molecular flexibility index (Phi) is 4.10. The van der Waals surface area contributed by atoms with Crippen molar-refractivity contribution in [1.29, 1.82) is 0 Å². The van der Waals surface area contributed by atoms with Crippen molar-refractivity contribution in [2.75, 3.05) is 5.32 Å². The lowest BCUT2D eigenvalue weighted by Crippen LogP contribution is -2.23. The molecule has 0 aliphatic heterocycles. The van der Waals surface area contributed by atoms with E-state index in [1.54, 1.807) is 26.1 Å². The number of nitrogens with zero attached hydrogens (tertiary/aromatic N) is 4. The summed E-state index contributed by atoms with van der Waals surface area (Å²) in [5, 5.41) is 13.5. The molecule has 100 valence electrons. The second-order valence-corrected chi connectivity index (χ2v) is 5.12. The van der Waals surface area contributed by atoms with Gasteiger partial charge in [-0.2, -0.15) is 0 Å². The van der Waals surface area contributed by atoms with E-state index in [1.807, 2.05) is 0 Å². The van der Waals surface area contributed by atoms with Gasteiger partial charge in [-0.1, -0.05) is 23.9 Å². The van der Waals surface area contributed by atoms with Crippen molar-refractivity contribution in [2.45, 2.75) is 17.3 Å². The van der Waals surface area contributed by atoms with Gasteiger partial charge in [0.05, 0.1) is 10.9 Å². The van der Waals surface area contributed by atoms with Crippen molar-refractivity contribution in [2.24, 2.45) is 7.05 Å². The molecule has 0 aliphatic carbocycles. The maximum Gasteiger partial charge on any atom is 0.237 e. The van der Waals surface area contributed by atoms with Crippen LogP contribution < -0.4 is 5.32 Å². The van der Waals surface area contributed by atoms with Gasteiger partial charge >= 0.3 is 0 Å². The number of amides is 1. The molecule has 8 heteroatoms. The van der Waals surface area contributed by atoms with E-state index in [-0.39, 0.29) is 11.6 Å². The molecule has 0 aliphatic rings. The molecule has 1 atom stereocenters. The molecule has 0 saturated carbocycles. The fourth-order valence-corrected chi connectivity index (χ4v) is 2.08. The third-order valence-electron chi connectivity index (χ3n) is 2.36. The van der Waals surface area contributed by atoms with Gasteiger partial charge in [0.1, 0.15) is 5.82 Å². The maximum absolute atomic E-state index is 13.4. The fraction of sp³-hybridized carbons (Fsp3) is 0.273. The summed E-state index contributed by atoms with van der Waals surface area (Å²) in [4.78, 5) is 11.9. The zero-order chi connectivity index (χ0) is 13.8. The van der Waals surface area contributed by atoms with Gasteiger partial charge in [0.2, 0.25) is 11.1 Å². The molecule has 0 saturated heterocycles. The number of thioether (sulfide) groups is 1. The molecule has 1 heterocycles. The molecule has 0 fully saturated rings. The Morgan fingerprint density at radius 3 is 2.84 bits per heavy atom. The van der Waals surface area contributed by atoms with E-state index in [2.05, 4.69) is 20.8 Å². The van der Waals surface area contributed by atoms with Crippen molar-refractivity contribution < 1.29 is 9.18 Å². The predicted molar refractivity (Wildman–Crippen MR) is 69.1 cm³/mol. The fourth-order valence-electron chi connectivity index (χ4n) is 1.33. The number of benzene rings is 1. The predicted octanol–water partition coefficient (Wildman–Crippen LogP) is 1.47. The lowest BCUT2D eigenvalue weighted by Gasteiger charge is -2.11. The lowest BCUT2D eigenvalue weighted by molar-refractivity contribution is -0.115. The van der Waals surface area contributed by atoms with Crippen LogP contribution in [-0.2, 0) is 11.8 Å². The van der Waals surface area contributed by atoms with Gasteiger partial charge in [0.25, 0.3) is 0 Å². The number of hydrogen-bond donors (Lipinski definition) is 1. The SMILES string of the molecule is C[C@@H](Sc1nnnn1C)C(=O)Nc1ccccc1F. The van der Waals surface area contributed by atoms with E-state index in [0.29, 0.717) is 5.16 Å². The van der Waals surface area contributed by atoms with Crippen LogP contribution in [0.25, 0.3) is 0 Å². The molecule has 19 heavy (non-hydrogen) atoms. The van der Waals surface area contributed by atoms with Crippen molar-refractivity contribution >= 4 is 23.4 Å². The minimum absolute atomic E-state index is 0.163. The van der Waals surface area contributed by atoms with Crippen LogP contribution in [0.5, 0.6) is 0 Å². The number of rotatable bonds is 4. The Bertz CT molecular complexity index is 588. The summed E-state index contributed by atoms with van der Waals surface area (Å²) >= 11 is 1.20. The van der Waals surface area contributed by atoms with Gasteiger partial charge in [-0.05, 0) is 29.5 Å². The molecular formula is C11H12FN5OS. The van der Waals surface area contributed by atoms with Crippen LogP contribution in [-0.4, -0.2) is 31.4 Å². The van der Waals surface area contributed by atoms with Crippen LogP contribution in [0, 0.1) is 5.82 Å². The quantitative estimate of drug-likeness (QED) is 0.859. The Morgan fingerprint density at radius 1 is 1.47 bits per heavy atom. The highest BCUT2D eigenvalue weighted by Gasteiger charge is 2.18. The van der Waals surface area contributed by atoms with Crippen LogP contribution >= 0.6 is 11.8 Å². The molecule has 1 aromatic heterocycles.